The molecule has 0 saturated carbocycles. The summed E-state index contributed by atoms with van der Waals surface area (Å²) in [6.45, 7) is 3.06. The lowest BCUT2D eigenvalue weighted by molar-refractivity contribution is -0.0486. The lowest BCUT2D eigenvalue weighted by Gasteiger charge is -2.32. The second kappa shape index (κ2) is 7.14. The van der Waals surface area contributed by atoms with Crippen molar-refractivity contribution in [2.75, 3.05) is 46.1 Å². The highest BCUT2D eigenvalue weighted by atomic mass is 16.5. The molecule has 0 amide bonds. The van der Waals surface area contributed by atoms with Crippen molar-refractivity contribution in [2.24, 2.45) is 5.92 Å². The molecule has 1 aliphatic heterocycles. The first kappa shape index (κ1) is 12.9. The quantitative estimate of drug-likeness (QED) is 0.516. The second-order valence-corrected chi connectivity index (χ2v) is 3.94. The zero-order valence-corrected chi connectivity index (χ0v) is 9.01. The molecule has 15 heavy (non-hydrogen) atoms. The Labute approximate surface area is 90.3 Å². The normalized spacial score (nSPS) is 27.2. The Morgan fingerprint density at radius 2 is 1.87 bits per heavy atom. The van der Waals surface area contributed by atoms with E-state index in [2.05, 4.69) is 0 Å². The Balaban J connectivity index is 2.33. The van der Waals surface area contributed by atoms with Crippen molar-refractivity contribution < 1.29 is 20.1 Å². The summed E-state index contributed by atoms with van der Waals surface area (Å²) in [6, 6.07) is 0. The SMILES string of the molecule is OCCN(CCO)CC1COCCC1O. The minimum Gasteiger partial charge on any atom is -0.395 e. The highest BCUT2D eigenvalue weighted by Gasteiger charge is 2.25. The van der Waals surface area contributed by atoms with Crippen LogP contribution in [0.3, 0.4) is 0 Å². The van der Waals surface area contributed by atoms with E-state index in [0.29, 0.717) is 39.3 Å². The number of rotatable bonds is 6. The Bertz CT molecular complexity index is 162. The summed E-state index contributed by atoms with van der Waals surface area (Å²) < 4.78 is 5.30. The summed E-state index contributed by atoms with van der Waals surface area (Å²) in [5.74, 6) is 0.0943. The average Bonchev–Trinajstić information content (AvgIpc) is 2.22. The zero-order chi connectivity index (χ0) is 11.1. The highest BCUT2D eigenvalue weighted by Crippen LogP contribution is 2.15. The third kappa shape index (κ3) is 4.44. The molecule has 0 aromatic heterocycles. The maximum Gasteiger partial charge on any atom is 0.0624 e. The Hall–Kier alpha value is -0.200. The van der Waals surface area contributed by atoms with Gasteiger partial charge in [-0.3, -0.25) is 4.90 Å². The van der Waals surface area contributed by atoms with Crippen LogP contribution in [-0.2, 0) is 4.74 Å². The zero-order valence-electron chi connectivity index (χ0n) is 9.01. The molecule has 3 N–H and O–H groups in total. The number of ether oxygens (including phenoxy) is 1. The minimum absolute atomic E-state index is 0.0731. The molecule has 5 nitrogen and oxygen atoms in total. The van der Waals surface area contributed by atoms with Crippen LogP contribution in [-0.4, -0.2) is 72.4 Å². The van der Waals surface area contributed by atoms with Gasteiger partial charge in [-0.25, -0.2) is 0 Å². The summed E-state index contributed by atoms with van der Waals surface area (Å²) in [5, 5.41) is 27.4. The van der Waals surface area contributed by atoms with Gasteiger partial charge in [0.05, 0.1) is 25.9 Å². The van der Waals surface area contributed by atoms with Crippen molar-refractivity contribution in [1.82, 2.24) is 4.90 Å². The highest BCUT2D eigenvalue weighted by molar-refractivity contribution is 4.76. The predicted molar refractivity (Wildman–Crippen MR) is 55.5 cm³/mol. The molecule has 1 saturated heterocycles. The van der Waals surface area contributed by atoms with E-state index in [1.54, 1.807) is 0 Å². The Kier molecular flexibility index (Phi) is 6.12. The van der Waals surface area contributed by atoms with Gasteiger partial charge in [-0.05, 0) is 6.42 Å². The average molecular weight is 219 g/mol. The molecule has 2 unspecified atom stereocenters. The maximum atomic E-state index is 9.72. The maximum absolute atomic E-state index is 9.72. The number of hydrogen-bond acceptors (Lipinski definition) is 5. The van der Waals surface area contributed by atoms with E-state index < -0.39 is 0 Å². The smallest absolute Gasteiger partial charge is 0.0624 e. The van der Waals surface area contributed by atoms with Gasteiger partial charge < -0.3 is 20.1 Å². The fraction of sp³-hybridized carbons (Fsp3) is 1.00. The van der Waals surface area contributed by atoms with Gasteiger partial charge in [-0.15, -0.1) is 0 Å². The van der Waals surface area contributed by atoms with Crippen LogP contribution in [0.5, 0.6) is 0 Å². The second-order valence-electron chi connectivity index (χ2n) is 3.94. The largest absolute Gasteiger partial charge is 0.395 e. The summed E-state index contributed by atoms with van der Waals surface area (Å²) in [6.07, 6.45) is 0.357. The molecule has 0 bridgehead atoms. The van der Waals surface area contributed by atoms with Crippen LogP contribution in [0, 0.1) is 5.92 Å². The fourth-order valence-corrected chi connectivity index (χ4v) is 1.87. The fourth-order valence-electron chi connectivity index (χ4n) is 1.87. The molecule has 90 valence electrons. The number of nitrogens with zero attached hydrogens (tertiary/aromatic N) is 1. The van der Waals surface area contributed by atoms with Crippen molar-refractivity contribution in [3.63, 3.8) is 0 Å². The van der Waals surface area contributed by atoms with E-state index in [1.165, 1.54) is 0 Å². The molecular formula is C10H21NO4. The van der Waals surface area contributed by atoms with Crippen molar-refractivity contribution in [3.8, 4) is 0 Å². The summed E-state index contributed by atoms with van der Waals surface area (Å²) in [5.41, 5.74) is 0. The number of aliphatic hydroxyl groups excluding tert-OH is 3. The van der Waals surface area contributed by atoms with Crippen LogP contribution < -0.4 is 0 Å². The molecule has 0 aromatic carbocycles. The van der Waals surface area contributed by atoms with Crippen LogP contribution in [0.25, 0.3) is 0 Å². The Morgan fingerprint density at radius 1 is 1.20 bits per heavy atom. The van der Waals surface area contributed by atoms with Crippen LogP contribution in [0.1, 0.15) is 6.42 Å². The van der Waals surface area contributed by atoms with E-state index >= 15 is 0 Å². The van der Waals surface area contributed by atoms with Crippen LogP contribution in [0.2, 0.25) is 0 Å². The van der Waals surface area contributed by atoms with Crippen molar-refractivity contribution >= 4 is 0 Å². The molecule has 1 aliphatic rings. The lowest BCUT2D eigenvalue weighted by Crippen LogP contribution is -2.42. The molecule has 2 atom stereocenters. The third-order valence-corrected chi connectivity index (χ3v) is 2.76. The summed E-state index contributed by atoms with van der Waals surface area (Å²) >= 11 is 0. The minimum atomic E-state index is -0.321. The molecular weight excluding hydrogens is 198 g/mol. The molecule has 1 fully saturated rings. The molecule has 1 rings (SSSR count). The van der Waals surface area contributed by atoms with E-state index in [-0.39, 0.29) is 25.2 Å². The standard InChI is InChI=1S/C10H21NO4/c12-4-2-11(3-5-13)7-9-8-15-6-1-10(9)14/h9-10,12-14H,1-8H2. The van der Waals surface area contributed by atoms with Gasteiger partial charge in [-0.1, -0.05) is 0 Å². The first-order valence-electron chi connectivity index (χ1n) is 5.47. The summed E-state index contributed by atoms with van der Waals surface area (Å²) in [7, 11) is 0. The molecule has 5 heteroatoms. The molecule has 0 aliphatic carbocycles. The summed E-state index contributed by atoms with van der Waals surface area (Å²) in [4.78, 5) is 1.95. The van der Waals surface area contributed by atoms with E-state index in [9.17, 15) is 5.11 Å². The van der Waals surface area contributed by atoms with Gasteiger partial charge in [-0.2, -0.15) is 0 Å². The van der Waals surface area contributed by atoms with Gasteiger partial charge in [0.15, 0.2) is 0 Å². The van der Waals surface area contributed by atoms with E-state index in [0.717, 1.165) is 0 Å². The molecule has 1 heterocycles. The van der Waals surface area contributed by atoms with Crippen molar-refractivity contribution in [3.05, 3.63) is 0 Å². The van der Waals surface area contributed by atoms with Crippen molar-refractivity contribution in [2.45, 2.75) is 12.5 Å². The van der Waals surface area contributed by atoms with E-state index in [1.807, 2.05) is 4.90 Å². The van der Waals surface area contributed by atoms with Crippen LogP contribution in [0.4, 0.5) is 0 Å². The number of aliphatic hydroxyl groups is 3. The van der Waals surface area contributed by atoms with Gasteiger partial charge in [0, 0.05) is 32.2 Å². The third-order valence-electron chi connectivity index (χ3n) is 2.76. The topological polar surface area (TPSA) is 73.2 Å². The van der Waals surface area contributed by atoms with Gasteiger partial charge >= 0.3 is 0 Å². The Morgan fingerprint density at radius 3 is 2.40 bits per heavy atom. The number of hydrogen-bond donors (Lipinski definition) is 3. The molecule has 0 aromatic rings. The van der Waals surface area contributed by atoms with E-state index in [4.69, 9.17) is 14.9 Å². The van der Waals surface area contributed by atoms with Crippen molar-refractivity contribution in [1.29, 1.82) is 0 Å². The predicted octanol–water partition coefficient (Wildman–Crippen LogP) is -1.33. The van der Waals surface area contributed by atoms with Crippen LogP contribution in [0.15, 0.2) is 0 Å². The lowest BCUT2D eigenvalue weighted by atomic mass is 9.98. The monoisotopic (exact) mass is 219 g/mol. The molecule has 0 radical (unpaired) electrons. The van der Waals surface area contributed by atoms with Gasteiger partial charge in [0.1, 0.15) is 0 Å². The van der Waals surface area contributed by atoms with Gasteiger partial charge in [0.2, 0.25) is 0 Å². The van der Waals surface area contributed by atoms with Crippen LogP contribution >= 0.6 is 0 Å². The molecule has 0 spiro atoms. The first-order chi connectivity index (χ1) is 7.27. The first-order valence-corrected chi connectivity index (χ1v) is 5.47. The van der Waals surface area contributed by atoms with Gasteiger partial charge in [0.25, 0.3) is 0 Å².